The molecule has 0 saturated heterocycles. The van der Waals surface area contributed by atoms with Gasteiger partial charge in [0.15, 0.2) is 0 Å². The lowest BCUT2D eigenvalue weighted by atomic mass is 10.0. The fourth-order valence-corrected chi connectivity index (χ4v) is 7.34. The summed E-state index contributed by atoms with van der Waals surface area (Å²) in [5.74, 6) is 0.319. The van der Waals surface area contributed by atoms with Gasteiger partial charge in [-0.1, -0.05) is 58.0 Å². The van der Waals surface area contributed by atoms with Crippen molar-refractivity contribution >= 4 is 64.7 Å². The Labute approximate surface area is 159 Å². The van der Waals surface area contributed by atoms with Crippen LogP contribution >= 0.6 is 38.2 Å². The first-order valence-electron chi connectivity index (χ1n) is 7.69. The molecule has 2 aliphatic rings. The van der Waals surface area contributed by atoms with Gasteiger partial charge in [-0.05, 0) is 29.7 Å². The predicted molar refractivity (Wildman–Crippen MR) is 110 cm³/mol. The van der Waals surface area contributed by atoms with Crippen LogP contribution in [0.3, 0.4) is 0 Å². The van der Waals surface area contributed by atoms with Crippen LogP contribution in [0.1, 0.15) is 15.9 Å². The van der Waals surface area contributed by atoms with Crippen molar-refractivity contribution in [3.05, 3.63) is 75.6 Å². The average molecular weight is 427 g/mol. The summed E-state index contributed by atoms with van der Waals surface area (Å²) in [6.45, 7) is 0. The topological polar surface area (TPSA) is 37.3 Å². The molecule has 0 aromatic heterocycles. The van der Waals surface area contributed by atoms with Crippen LogP contribution in [0.5, 0.6) is 0 Å². The Balaban J connectivity index is 1.85. The maximum absolute atomic E-state index is 12.9. The highest BCUT2D eigenvalue weighted by Gasteiger charge is 2.30. The summed E-state index contributed by atoms with van der Waals surface area (Å²) in [4.78, 5) is 15.0. The molecule has 5 rings (SSSR count). The number of aliphatic hydroxyl groups excluding tert-OH is 1. The molecule has 0 aliphatic carbocycles. The molecule has 5 heteroatoms. The third-order valence-electron chi connectivity index (χ3n) is 4.41. The summed E-state index contributed by atoms with van der Waals surface area (Å²) >= 11 is 5.13. The molecule has 3 aromatic carbocycles. The van der Waals surface area contributed by atoms with E-state index in [0.717, 1.165) is 40.4 Å². The van der Waals surface area contributed by atoms with Gasteiger partial charge in [0.25, 0.3) is 0 Å². The monoisotopic (exact) mass is 426 g/mol. The van der Waals surface area contributed by atoms with Crippen LogP contribution in [0.25, 0.3) is 16.5 Å². The lowest BCUT2D eigenvalue weighted by Gasteiger charge is -2.20. The van der Waals surface area contributed by atoms with Crippen molar-refractivity contribution in [3.63, 3.8) is 0 Å². The van der Waals surface area contributed by atoms with Crippen molar-refractivity contribution in [2.75, 3.05) is 0 Å². The molecule has 0 bridgehead atoms. The fraction of sp³-hybridized carbons (Fsp3) is 0. The summed E-state index contributed by atoms with van der Waals surface area (Å²) in [6.07, 6.45) is 0. The second-order valence-corrected chi connectivity index (χ2v) is 9.75. The number of hydrogen-bond donors (Lipinski definition) is 1. The summed E-state index contributed by atoms with van der Waals surface area (Å²) in [6, 6.07) is 17.7. The standard InChI is InChI=1S/C20H11BrO2S2/c21-14-8-9-17-18-11(14)5-3-6-12(18)15(22)10-25(17)20-19(23)13-4-1-2-7-16(13)24-20/h1-10,22H. The minimum Gasteiger partial charge on any atom is -0.507 e. The van der Waals surface area contributed by atoms with Crippen LogP contribution in [-0.4, -0.2) is 15.1 Å². The number of carbonyl (C=O) groups is 1. The van der Waals surface area contributed by atoms with Gasteiger partial charge < -0.3 is 5.11 Å². The largest absolute Gasteiger partial charge is 0.507 e. The van der Waals surface area contributed by atoms with Gasteiger partial charge in [-0.2, -0.15) is 0 Å². The number of fused-ring (bicyclic) bond motifs is 1. The van der Waals surface area contributed by atoms with Gasteiger partial charge in [0.1, 0.15) is 5.76 Å². The number of thioether (sulfide) groups is 1. The molecule has 1 N–H and O–H groups in total. The van der Waals surface area contributed by atoms with Gasteiger partial charge in [-0.3, -0.25) is 4.79 Å². The number of halogens is 1. The summed E-state index contributed by atoms with van der Waals surface area (Å²) in [5.41, 5.74) is 1.58. The summed E-state index contributed by atoms with van der Waals surface area (Å²) in [7, 11) is -0.566. The second kappa shape index (κ2) is 5.59. The summed E-state index contributed by atoms with van der Waals surface area (Å²) < 4.78 is 1.77. The zero-order valence-corrected chi connectivity index (χ0v) is 16.0. The Hall–Kier alpha value is -1.82. The van der Waals surface area contributed by atoms with E-state index in [1.54, 1.807) is 0 Å². The molecule has 3 aromatic rings. The molecule has 0 amide bonds. The third-order valence-corrected chi connectivity index (χ3v) is 8.70. The maximum Gasteiger partial charge on any atom is 0.207 e. The average Bonchev–Trinajstić information content (AvgIpc) is 2.97. The Morgan fingerprint density at radius 1 is 0.960 bits per heavy atom. The van der Waals surface area contributed by atoms with Crippen molar-refractivity contribution in [1.82, 2.24) is 0 Å². The van der Waals surface area contributed by atoms with Gasteiger partial charge in [-0.15, -0.1) is 10.5 Å². The van der Waals surface area contributed by atoms with E-state index in [4.69, 9.17) is 0 Å². The van der Waals surface area contributed by atoms with E-state index in [9.17, 15) is 9.90 Å². The van der Waals surface area contributed by atoms with Crippen molar-refractivity contribution in [1.29, 1.82) is 0 Å². The number of carbonyl (C=O) groups excluding carboxylic acids is 1. The molecule has 2 heterocycles. The second-order valence-electron chi connectivity index (χ2n) is 5.83. The highest BCUT2D eigenvalue weighted by molar-refractivity contribution is 9.10. The molecule has 25 heavy (non-hydrogen) atoms. The predicted octanol–water partition coefficient (Wildman–Crippen LogP) is 6.22. The van der Waals surface area contributed by atoms with Crippen LogP contribution in [0.4, 0.5) is 0 Å². The van der Waals surface area contributed by atoms with Crippen molar-refractivity contribution < 1.29 is 9.90 Å². The molecular weight excluding hydrogens is 416 g/mol. The van der Waals surface area contributed by atoms with Gasteiger partial charge in [0.05, 0.1) is 4.20 Å². The van der Waals surface area contributed by atoms with Gasteiger partial charge in [-0.25, -0.2) is 0 Å². The highest BCUT2D eigenvalue weighted by atomic mass is 79.9. The highest BCUT2D eigenvalue weighted by Crippen LogP contribution is 2.50. The number of ketones is 1. The molecule has 0 saturated carbocycles. The molecule has 1 unspecified atom stereocenters. The van der Waals surface area contributed by atoms with Crippen LogP contribution in [0.2, 0.25) is 0 Å². The van der Waals surface area contributed by atoms with E-state index < -0.39 is 10.5 Å². The summed E-state index contributed by atoms with van der Waals surface area (Å²) in [5, 5.41) is 14.5. The zero-order valence-electron chi connectivity index (χ0n) is 12.8. The Morgan fingerprint density at radius 2 is 1.76 bits per heavy atom. The van der Waals surface area contributed by atoms with Gasteiger partial charge in [0.2, 0.25) is 5.78 Å². The Morgan fingerprint density at radius 3 is 2.60 bits per heavy atom. The molecular formula is C20H11BrO2S2. The number of hydrogen-bond acceptors (Lipinski definition) is 3. The quantitative estimate of drug-likeness (QED) is 0.433. The zero-order chi connectivity index (χ0) is 17.1. The minimum absolute atomic E-state index is 0.0726. The van der Waals surface area contributed by atoms with Crippen LogP contribution in [0, 0.1) is 0 Å². The number of benzene rings is 3. The van der Waals surface area contributed by atoms with E-state index in [1.807, 2.05) is 53.9 Å². The third kappa shape index (κ3) is 2.19. The van der Waals surface area contributed by atoms with E-state index in [0.29, 0.717) is 0 Å². The molecule has 0 fully saturated rings. The molecule has 122 valence electrons. The number of rotatable bonds is 0. The SMILES string of the molecule is O=C1C(=S2C=C(O)c3cccc4c(Br)ccc2c34)Sc2ccccc21. The van der Waals surface area contributed by atoms with E-state index in [1.165, 1.54) is 11.8 Å². The van der Waals surface area contributed by atoms with Gasteiger partial charge in [0, 0.05) is 36.2 Å². The smallest absolute Gasteiger partial charge is 0.207 e. The molecule has 2 nitrogen and oxygen atoms in total. The van der Waals surface area contributed by atoms with Crippen LogP contribution in [0.15, 0.2) is 74.3 Å². The molecule has 2 aliphatic heterocycles. The van der Waals surface area contributed by atoms with Crippen LogP contribution in [-0.2, 0) is 0 Å². The Bertz CT molecular complexity index is 1160. The Kier molecular flexibility index (Phi) is 3.45. The van der Waals surface area contributed by atoms with Crippen molar-refractivity contribution in [2.45, 2.75) is 9.79 Å². The van der Waals surface area contributed by atoms with Crippen LogP contribution < -0.4 is 0 Å². The molecule has 0 radical (unpaired) electrons. The molecule has 0 spiro atoms. The fourth-order valence-electron chi connectivity index (χ4n) is 3.27. The first kappa shape index (κ1) is 15.4. The maximum atomic E-state index is 12.9. The van der Waals surface area contributed by atoms with E-state index >= 15 is 0 Å². The van der Waals surface area contributed by atoms with E-state index in [2.05, 4.69) is 22.0 Å². The number of Topliss-reactive ketones (excluding diaryl/α,β-unsaturated/α-hetero) is 1. The first-order valence-corrected chi connectivity index (χ1v) is 10.6. The normalized spacial score (nSPS) is 19.9. The van der Waals surface area contributed by atoms with E-state index in [-0.39, 0.29) is 11.5 Å². The lowest BCUT2D eigenvalue weighted by Crippen LogP contribution is -2.06. The first-order chi connectivity index (χ1) is 12.1. The number of aliphatic hydroxyl groups is 1. The minimum atomic E-state index is -0.566. The van der Waals surface area contributed by atoms with Crippen molar-refractivity contribution in [2.24, 2.45) is 0 Å². The lowest BCUT2D eigenvalue weighted by molar-refractivity contribution is 0.107. The van der Waals surface area contributed by atoms with Gasteiger partial charge >= 0.3 is 0 Å². The van der Waals surface area contributed by atoms with Crippen molar-refractivity contribution in [3.8, 4) is 0 Å². The molecule has 1 atom stereocenters.